The zero-order valence-corrected chi connectivity index (χ0v) is 23.7. The van der Waals surface area contributed by atoms with E-state index >= 15 is 0 Å². The van der Waals surface area contributed by atoms with Crippen LogP contribution in [0.15, 0.2) is 66.2 Å². The molecule has 0 saturated heterocycles. The number of hydrogen-bond donors (Lipinski definition) is 0. The fraction of sp³-hybridized carbons (Fsp3) is 0.323. The Hall–Kier alpha value is -2.17. The van der Waals surface area contributed by atoms with Crippen molar-refractivity contribution in [3.8, 4) is 22.3 Å². The van der Waals surface area contributed by atoms with Gasteiger partial charge in [-0.25, -0.2) is 0 Å². The van der Waals surface area contributed by atoms with Gasteiger partial charge in [-0.3, -0.25) is 0 Å². The summed E-state index contributed by atoms with van der Waals surface area (Å²) in [5.41, 5.74) is 9.69. The molecule has 0 saturated carbocycles. The first-order valence-corrected chi connectivity index (χ1v) is 19.4. The molecule has 1 aliphatic carbocycles. The fourth-order valence-electron chi connectivity index (χ4n) is 4.74. The van der Waals surface area contributed by atoms with Gasteiger partial charge < -0.3 is 0 Å². The molecule has 0 N–H and O–H groups in total. The Balaban J connectivity index is 2.03. The summed E-state index contributed by atoms with van der Waals surface area (Å²) in [4.78, 5) is 0. The summed E-state index contributed by atoms with van der Waals surface area (Å²) in [5, 5.41) is 3.14. The highest BCUT2D eigenvalue weighted by atomic mass is 28.3. The Labute approximate surface area is 203 Å². The van der Waals surface area contributed by atoms with Crippen molar-refractivity contribution < 1.29 is 0 Å². The van der Waals surface area contributed by atoms with Crippen LogP contribution in [0.25, 0.3) is 28.3 Å². The van der Waals surface area contributed by atoms with Gasteiger partial charge in [-0.05, 0) is 45.7 Å². The highest BCUT2D eigenvalue weighted by molar-refractivity contribution is 6.91. The summed E-state index contributed by atoms with van der Waals surface area (Å²) < 4.78 is 0. The summed E-state index contributed by atoms with van der Waals surface area (Å²) in [6.45, 7) is 19.5. The first-order valence-electron chi connectivity index (χ1n) is 12.4. The molecular formula is C31H39Si2. The first kappa shape index (κ1) is 24.0. The van der Waals surface area contributed by atoms with Crippen LogP contribution in [0.5, 0.6) is 0 Å². The Bertz CT molecular complexity index is 1150. The van der Waals surface area contributed by atoms with Gasteiger partial charge in [0.15, 0.2) is 0 Å². The minimum atomic E-state index is -1.47. The standard InChI is InChI=1S/C31H39Si2/c1-22(2)16-23-17-25-14-15-29(24-12-10-9-11-13-24)31(30(25)18-23)26-19-27(32(3,4)5)21-28(20-26)33(6,7)8/h9-15,17-22H,16H2,1-8H3. The normalized spacial score (nSPS) is 13.9. The van der Waals surface area contributed by atoms with E-state index in [0.29, 0.717) is 5.92 Å². The highest BCUT2D eigenvalue weighted by Gasteiger charge is 2.26. The molecule has 0 unspecified atom stereocenters. The van der Waals surface area contributed by atoms with Gasteiger partial charge in [0, 0.05) is 6.42 Å². The van der Waals surface area contributed by atoms with Crippen LogP contribution in [0, 0.1) is 12.3 Å². The van der Waals surface area contributed by atoms with Gasteiger partial charge in [-0.2, -0.15) is 0 Å². The minimum absolute atomic E-state index is 0.660. The topological polar surface area (TPSA) is 0 Å². The maximum absolute atomic E-state index is 2.54. The highest BCUT2D eigenvalue weighted by Crippen LogP contribution is 2.42. The van der Waals surface area contributed by atoms with Crippen LogP contribution in [0.2, 0.25) is 39.3 Å². The molecule has 0 aromatic heterocycles. The lowest BCUT2D eigenvalue weighted by Gasteiger charge is -2.25. The summed E-state index contributed by atoms with van der Waals surface area (Å²) in [7, 11) is -2.93. The van der Waals surface area contributed by atoms with E-state index in [1.165, 1.54) is 39.0 Å². The lowest BCUT2D eigenvalue weighted by Crippen LogP contribution is -2.45. The second-order valence-electron chi connectivity index (χ2n) is 12.1. The number of rotatable bonds is 6. The number of allylic oxidation sites excluding steroid dienone is 1. The van der Waals surface area contributed by atoms with E-state index in [-0.39, 0.29) is 0 Å². The number of fused-ring (bicyclic) bond motifs is 1. The number of hydrogen-bond acceptors (Lipinski definition) is 0. The van der Waals surface area contributed by atoms with Crippen LogP contribution in [0.4, 0.5) is 0 Å². The first-order chi connectivity index (χ1) is 15.4. The minimum Gasteiger partial charge on any atom is -0.0656 e. The van der Waals surface area contributed by atoms with E-state index < -0.39 is 16.1 Å². The third-order valence-corrected chi connectivity index (χ3v) is 10.7. The molecule has 0 spiro atoms. The second kappa shape index (κ2) is 8.89. The van der Waals surface area contributed by atoms with Crippen LogP contribution in [0.3, 0.4) is 0 Å². The van der Waals surface area contributed by atoms with Gasteiger partial charge in [0.25, 0.3) is 0 Å². The molecule has 3 aromatic rings. The van der Waals surface area contributed by atoms with Crippen LogP contribution < -0.4 is 10.4 Å². The second-order valence-corrected chi connectivity index (χ2v) is 22.3. The van der Waals surface area contributed by atoms with Crippen LogP contribution >= 0.6 is 0 Å². The Morgan fingerprint density at radius 1 is 0.697 bits per heavy atom. The van der Waals surface area contributed by atoms with Crippen molar-refractivity contribution in [1.82, 2.24) is 0 Å². The fourth-order valence-corrected chi connectivity index (χ4v) is 7.24. The maximum Gasteiger partial charge on any atom is 0.0776 e. The van der Waals surface area contributed by atoms with E-state index in [9.17, 15) is 0 Å². The zero-order valence-electron chi connectivity index (χ0n) is 21.7. The summed E-state index contributed by atoms with van der Waals surface area (Å²) in [6.07, 6.45) is 6.01. The van der Waals surface area contributed by atoms with Gasteiger partial charge in [0.05, 0.1) is 16.1 Å². The van der Waals surface area contributed by atoms with Gasteiger partial charge in [0.1, 0.15) is 0 Å². The van der Waals surface area contributed by atoms with Crippen molar-refractivity contribution in [2.75, 3.05) is 0 Å². The zero-order chi connectivity index (χ0) is 24.0. The molecular weight excluding hydrogens is 429 g/mol. The Kier molecular flexibility index (Phi) is 6.46. The van der Waals surface area contributed by atoms with Gasteiger partial charge in [0.2, 0.25) is 0 Å². The van der Waals surface area contributed by atoms with Crippen LogP contribution in [0.1, 0.15) is 31.4 Å². The third-order valence-electron chi connectivity index (χ3n) is 6.63. The summed E-state index contributed by atoms with van der Waals surface area (Å²) >= 11 is 0. The van der Waals surface area contributed by atoms with Crippen molar-refractivity contribution in [2.24, 2.45) is 5.92 Å². The molecule has 0 nitrogen and oxygen atoms in total. The number of benzene rings is 3. The molecule has 0 fully saturated rings. The van der Waals surface area contributed by atoms with Gasteiger partial charge in [-0.1, -0.05) is 136 Å². The van der Waals surface area contributed by atoms with Crippen molar-refractivity contribution >= 4 is 32.6 Å². The van der Waals surface area contributed by atoms with Crippen molar-refractivity contribution in [3.05, 3.63) is 83.8 Å². The van der Waals surface area contributed by atoms with Gasteiger partial charge in [-0.15, -0.1) is 0 Å². The largest absolute Gasteiger partial charge is 0.0776 e. The summed E-state index contributed by atoms with van der Waals surface area (Å²) in [5.74, 6) is 0.660. The van der Waals surface area contributed by atoms with E-state index in [2.05, 4.69) is 126 Å². The molecule has 0 aliphatic heterocycles. The molecule has 171 valence electrons. The molecule has 0 amide bonds. The molecule has 4 rings (SSSR count). The van der Waals surface area contributed by atoms with Crippen LogP contribution in [-0.2, 0) is 0 Å². The molecule has 0 heterocycles. The summed E-state index contributed by atoms with van der Waals surface area (Å²) in [6, 6.07) is 23.2. The third kappa shape index (κ3) is 5.17. The molecule has 1 radical (unpaired) electrons. The van der Waals surface area contributed by atoms with Crippen molar-refractivity contribution in [2.45, 2.75) is 59.6 Å². The van der Waals surface area contributed by atoms with E-state index in [1.54, 1.807) is 10.4 Å². The Morgan fingerprint density at radius 3 is 1.85 bits per heavy atom. The Morgan fingerprint density at radius 2 is 1.30 bits per heavy atom. The van der Waals surface area contributed by atoms with Crippen molar-refractivity contribution in [1.29, 1.82) is 0 Å². The van der Waals surface area contributed by atoms with E-state index in [0.717, 1.165) is 6.42 Å². The van der Waals surface area contributed by atoms with E-state index in [1.807, 2.05) is 0 Å². The molecule has 1 aliphatic rings. The molecule has 0 atom stereocenters. The lowest BCUT2D eigenvalue weighted by molar-refractivity contribution is 0.649. The van der Waals surface area contributed by atoms with Crippen molar-refractivity contribution in [3.63, 3.8) is 0 Å². The molecule has 0 bridgehead atoms. The smallest absolute Gasteiger partial charge is 0.0656 e. The molecule has 3 aromatic carbocycles. The monoisotopic (exact) mass is 467 g/mol. The quantitative estimate of drug-likeness (QED) is 0.321. The van der Waals surface area contributed by atoms with E-state index in [4.69, 9.17) is 0 Å². The average molecular weight is 468 g/mol. The lowest BCUT2D eigenvalue weighted by atomic mass is 9.89. The predicted molar refractivity (Wildman–Crippen MR) is 154 cm³/mol. The maximum atomic E-state index is 2.54. The average Bonchev–Trinajstić information content (AvgIpc) is 3.13. The van der Waals surface area contributed by atoms with Crippen LogP contribution in [-0.4, -0.2) is 16.1 Å². The SMILES string of the molecule is CC(C)CC1=Cc2c(ccc(-c3ccccc3)c2-c2cc([Si](C)(C)C)cc([Si](C)(C)C)c2)[CH]1. The van der Waals surface area contributed by atoms with Gasteiger partial charge >= 0.3 is 0 Å². The molecule has 2 heteroatoms. The molecule has 33 heavy (non-hydrogen) atoms. The predicted octanol–water partition coefficient (Wildman–Crippen LogP) is 8.11.